The van der Waals surface area contributed by atoms with E-state index in [0.29, 0.717) is 5.75 Å². The summed E-state index contributed by atoms with van der Waals surface area (Å²) < 4.78 is 1.12. The first kappa shape index (κ1) is 9.24. The molecule has 13 heavy (non-hydrogen) atoms. The highest BCUT2D eigenvalue weighted by Gasteiger charge is 2.09. The standard InChI is InChI=1S/C9H8OS3/c1-12-9-7(11)4-6(10)5-2-3-13-8(5)9/h2-4,10-11H,1H3. The number of aromatic hydroxyl groups is 1. The second-order valence-corrected chi connectivity index (χ2v) is 4.83. The van der Waals surface area contributed by atoms with Gasteiger partial charge in [0.05, 0.1) is 4.70 Å². The summed E-state index contributed by atoms with van der Waals surface area (Å²) in [5, 5.41) is 12.5. The summed E-state index contributed by atoms with van der Waals surface area (Å²) in [7, 11) is 0. The van der Waals surface area contributed by atoms with E-state index in [-0.39, 0.29) is 0 Å². The Kier molecular flexibility index (Phi) is 2.45. The average molecular weight is 228 g/mol. The van der Waals surface area contributed by atoms with Gasteiger partial charge in [-0.15, -0.1) is 35.7 Å². The quantitative estimate of drug-likeness (QED) is 0.574. The van der Waals surface area contributed by atoms with Crippen molar-refractivity contribution in [3.8, 4) is 5.75 Å². The highest BCUT2D eigenvalue weighted by atomic mass is 32.2. The Balaban J connectivity index is 2.88. The molecular formula is C9H8OS3. The van der Waals surface area contributed by atoms with E-state index in [2.05, 4.69) is 12.6 Å². The van der Waals surface area contributed by atoms with Crippen molar-refractivity contribution in [3.63, 3.8) is 0 Å². The third-order valence-corrected chi connectivity index (χ3v) is 4.25. The Labute approximate surface area is 90.2 Å². The van der Waals surface area contributed by atoms with E-state index in [1.165, 1.54) is 0 Å². The van der Waals surface area contributed by atoms with Gasteiger partial charge in [-0.05, 0) is 23.8 Å². The number of rotatable bonds is 1. The molecule has 0 saturated carbocycles. The Morgan fingerprint density at radius 2 is 2.31 bits per heavy atom. The van der Waals surface area contributed by atoms with Crippen molar-refractivity contribution in [2.24, 2.45) is 0 Å². The third-order valence-electron chi connectivity index (χ3n) is 1.86. The van der Waals surface area contributed by atoms with Crippen molar-refractivity contribution in [3.05, 3.63) is 17.5 Å². The number of hydrogen-bond acceptors (Lipinski definition) is 4. The maximum atomic E-state index is 9.61. The second kappa shape index (κ2) is 3.44. The van der Waals surface area contributed by atoms with Crippen molar-refractivity contribution in [2.45, 2.75) is 9.79 Å². The number of phenolic OH excluding ortho intramolecular Hbond substituents is 1. The molecule has 0 aliphatic carbocycles. The Hall–Kier alpha value is -0.320. The summed E-state index contributed by atoms with van der Waals surface area (Å²) in [5.41, 5.74) is 0. The smallest absolute Gasteiger partial charge is 0.125 e. The van der Waals surface area contributed by atoms with Crippen molar-refractivity contribution in [1.29, 1.82) is 0 Å². The van der Waals surface area contributed by atoms with Gasteiger partial charge < -0.3 is 5.11 Å². The topological polar surface area (TPSA) is 20.2 Å². The monoisotopic (exact) mass is 228 g/mol. The molecule has 0 amide bonds. The lowest BCUT2D eigenvalue weighted by Crippen LogP contribution is -1.76. The minimum absolute atomic E-state index is 0.319. The Bertz CT molecular complexity index is 447. The van der Waals surface area contributed by atoms with E-state index in [1.54, 1.807) is 29.2 Å². The first-order valence-electron chi connectivity index (χ1n) is 3.70. The maximum Gasteiger partial charge on any atom is 0.125 e. The lowest BCUT2D eigenvalue weighted by Gasteiger charge is -2.04. The molecule has 0 fully saturated rings. The summed E-state index contributed by atoms with van der Waals surface area (Å²) in [6.45, 7) is 0. The molecule has 2 rings (SSSR count). The van der Waals surface area contributed by atoms with E-state index in [4.69, 9.17) is 0 Å². The van der Waals surface area contributed by atoms with Gasteiger partial charge in [0.2, 0.25) is 0 Å². The van der Waals surface area contributed by atoms with Crippen LogP contribution < -0.4 is 0 Å². The SMILES string of the molecule is CSc1c(S)cc(O)c2ccsc12. The maximum absolute atomic E-state index is 9.61. The van der Waals surface area contributed by atoms with E-state index >= 15 is 0 Å². The molecule has 2 aromatic rings. The fourth-order valence-corrected chi connectivity index (χ4v) is 3.67. The molecule has 1 N–H and O–H groups in total. The molecule has 0 unspecified atom stereocenters. The summed E-state index contributed by atoms with van der Waals surface area (Å²) in [4.78, 5) is 1.99. The van der Waals surface area contributed by atoms with Gasteiger partial charge in [0, 0.05) is 15.2 Å². The lowest BCUT2D eigenvalue weighted by molar-refractivity contribution is 0.480. The van der Waals surface area contributed by atoms with Crippen molar-refractivity contribution < 1.29 is 5.11 Å². The van der Waals surface area contributed by atoms with Gasteiger partial charge in [0.15, 0.2) is 0 Å². The molecule has 1 heterocycles. The third kappa shape index (κ3) is 1.43. The molecular weight excluding hydrogens is 220 g/mol. The van der Waals surface area contributed by atoms with Crippen molar-refractivity contribution in [2.75, 3.05) is 6.26 Å². The molecule has 0 aliphatic rings. The Morgan fingerprint density at radius 3 is 3.00 bits per heavy atom. The van der Waals surface area contributed by atoms with Crippen LogP contribution in [0.2, 0.25) is 0 Å². The number of hydrogen-bond donors (Lipinski definition) is 2. The summed E-state index contributed by atoms with van der Waals surface area (Å²) in [5.74, 6) is 0.319. The van der Waals surface area contributed by atoms with Gasteiger partial charge in [0.25, 0.3) is 0 Å². The molecule has 0 atom stereocenters. The van der Waals surface area contributed by atoms with Gasteiger partial charge in [-0.1, -0.05) is 0 Å². The molecule has 4 heteroatoms. The first-order valence-corrected chi connectivity index (χ1v) is 6.25. The number of benzene rings is 1. The summed E-state index contributed by atoms with van der Waals surface area (Å²) >= 11 is 7.62. The molecule has 1 nitrogen and oxygen atoms in total. The fourth-order valence-electron chi connectivity index (χ4n) is 1.27. The van der Waals surface area contributed by atoms with Gasteiger partial charge >= 0.3 is 0 Å². The van der Waals surface area contributed by atoms with Crippen LogP contribution in [0.4, 0.5) is 0 Å². The first-order chi connectivity index (χ1) is 6.24. The van der Waals surface area contributed by atoms with E-state index in [0.717, 1.165) is 19.9 Å². The normalized spacial score (nSPS) is 10.9. The number of thiophene rings is 1. The van der Waals surface area contributed by atoms with Gasteiger partial charge in [0.1, 0.15) is 5.75 Å². The van der Waals surface area contributed by atoms with Crippen LogP contribution in [0.5, 0.6) is 5.75 Å². The highest BCUT2D eigenvalue weighted by molar-refractivity contribution is 7.99. The van der Waals surface area contributed by atoms with Crippen LogP contribution in [-0.4, -0.2) is 11.4 Å². The lowest BCUT2D eigenvalue weighted by atomic mass is 10.2. The Morgan fingerprint density at radius 1 is 1.54 bits per heavy atom. The average Bonchev–Trinajstić information content (AvgIpc) is 2.53. The second-order valence-electron chi connectivity index (χ2n) is 2.61. The van der Waals surface area contributed by atoms with Crippen LogP contribution in [-0.2, 0) is 0 Å². The zero-order chi connectivity index (χ0) is 9.42. The molecule has 0 aliphatic heterocycles. The number of fused-ring (bicyclic) bond motifs is 1. The van der Waals surface area contributed by atoms with Crippen molar-refractivity contribution in [1.82, 2.24) is 0 Å². The van der Waals surface area contributed by atoms with Crippen LogP contribution in [0, 0.1) is 0 Å². The number of thiol groups is 1. The minimum atomic E-state index is 0.319. The van der Waals surface area contributed by atoms with E-state index in [9.17, 15) is 5.11 Å². The van der Waals surface area contributed by atoms with Gasteiger partial charge in [-0.3, -0.25) is 0 Å². The highest BCUT2D eigenvalue weighted by Crippen LogP contribution is 2.40. The van der Waals surface area contributed by atoms with Gasteiger partial charge in [-0.2, -0.15) is 0 Å². The van der Waals surface area contributed by atoms with Crippen LogP contribution in [0.1, 0.15) is 0 Å². The number of phenols is 1. The largest absolute Gasteiger partial charge is 0.507 e. The van der Waals surface area contributed by atoms with Crippen molar-refractivity contribution >= 4 is 45.8 Å². The van der Waals surface area contributed by atoms with Crippen LogP contribution in [0.3, 0.4) is 0 Å². The van der Waals surface area contributed by atoms with Crippen LogP contribution >= 0.6 is 35.7 Å². The fraction of sp³-hybridized carbons (Fsp3) is 0.111. The minimum Gasteiger partial charge on any atom is -0.507 e. The van der Waals surface area contributed by atoms with E-state index < -0.39 is 0 Å². The van der Waals surface area contributed by atoms with Gasteiger partial charge in [-0.25, -0.2) is 0 Å². The molecule has 1 aromatic heterocycles. The summed E-state index contributed by atoms with van der Waals surface area (Å²) in [6.07, 6.45) is 2.02. The van der Waals surface area contributed by atoms with Crippen LogP contribution in [0.25, 0.3) is 10.1 Å². The molecule has 0 spiro atoms. The zero-order valence-corrected chi connectivity index (χ0v) is 9.47. The van der Waals surface area contributed by atoms with E-state index in [1.807, 2.05) is 17.7 Å². The molecule has 68 valence electrons. The summed E-state index contributed by atoms with van der Waals surface area (Å²) in [6, 6.07) is 3.63. The predicted octanol–water partition coefficient (Wildman–Crippen LogP) is 3.62. The zero-order valence-electron chi connectivity index (χ0n) is 6.94. The molecule has 1 aromatic carbocycles. The molecule has 0 saturated heterocycles. The van der Waals surface area contributed by atoms with Crippen LogP contribution in [0.15, 0.2) is 27.3 Å². The predicted molar refractivity (Wildman–Crippen MR) is 62.5 cm³/mol. The molecule has 0 bridgehead atoms. The molecule has 0 radical (unpaired) electrons. The number of thioether (sulfide) groups is 1.